The molecule has 0 spiro atoms. The zero-order valence-corrected chi connectivity index (χ0v) is 12.1. The minimum Gasteiger partial charge on any atom is -0.488 e. The lowest BCUT2D eigenvalue weighted by atomic mass is 9.95. The van der Waals surface area contributed by atoms with E-state index in [1.165, 1.54) is 19.3 Å². The highest BCUT2D eigenvalue weighted by Gasteiger charge is 2.21. The highest BCUT2D eigenvalue weighted by molar-refractivity contribution is 6.30. The van der Waals surface area contributed by atoms with Gasteiger partial charge in [0, 0.05) is 16.6 Å². The second-order valence-electron chi connectivity index (χ2n) is 5.45. The number of carbonyl (C=O) groups is 1. The molecule has 1 heterocycles. The summed E-state index contributed by atoms with van der Waals surface area (Å²) in [5, 5.41) is 3.76. The lowest BCUT2D eigenvalue weighted by Crippen LogP contribution is -2.38. The van der Waals surface area contributed by atoms with Crippen LogP contribution in [0.25, 0.3) is 6.08 Å². The average molecular weight is 292 g/mol. The summed E-state index contributed by atoms with van der Waals surface area (Å²) in [5.41, 5.74) is 1.54. The van der Waals surface area contributed by atoms with Crippen molar-refractivity contribution in [2.24, 2.45) is 0 Å². The van der Waals surface area contributed by atoms with E-state index in [0.717, 1.165) is 24.2 Å². The fourth-order valence-electron chi connectivity index (χ4n) is 2.80. The van der Waals surface area contributed by atoms with Gasteiger partial charge in [0.2, 0.25) is 0 Å². The van der Waals surface area contributed by atoms with Crippen molar-refractivity contribution in [1.82, 2.24) is 5.32 Å². The SMILES string of the molecule is O=C(NC1CCCCC1)C1=Cc2cc(Cl)ccc2OC1. The number of halogens is 1. The van der Waals surface area contributed by atoms with Crippen molar-refractivity contribution < 1.29 is 9.53 Å². The molecule has 106 valence electrons. The Kier molecular flexibility index (Phi) is 3.97. The first-order valence-electron chi connectivity index (χ1n) is 7.16. The number of rotatable bonds is 2. The number of hydrogen-bond acceptors (Lipinski definition) is 2. The van der Waals surface area contributed by atoms with Gasteiger partial charge in [-0.3, -0.25) is 4.79 Å². The molecule has 0 bridgehead atoms. The minimum atomic E-state index is -0.0116. The maximum absolute atomic E-state index is 12.3. The van der Waals surface area contributed by atoms with Gasteiger partial charge in [-0.15, -0.1) is 0 Å². The second-order valence-corrected chi connectivity index (χ2v) is 5.89. The van der Waals surface area contributed by atoms with Crippen LogP contribution in [-0.4, -0.2) is 18.6 Å². The molecule has 0 saturated heterocycles. The Bertz CT molecular complexity index is 547. The number of benzene rings is 1. The zero-order chi connectivity index (χ0) is 13.9. The molecule has 1 N–H and O–H groups in total. The number of carbonyl (C=O) groups excluding carboxylic acids is 1. The lowest BCUT2D eigenvalue weighted by molar-refractivity contribution is -0.118. The van der Waals surface area contributed by atoms with E-state index in [-0.39, 0.29) is 5.91 Å². The molecule has 1 aliphatic heterocycles. The van der Waals surface area contributed by atoms with E-state index < -0.39 is 0 Å². The Balaban J connectivity index is 1.72. The lowest BCUT2D eigenvalue weighted by Gasteiger charge is -2.24. The quantitative estimate of drug-likeness (QED) is 0.905. The van der Waals surface area contributed by atoms with Gasteiger partial charge in [-0.05, 0) is 37.1 Å². The first kappa shape index (κ1) is 13.5. The van der Waals surface area contributed by atoms with E-state index >= 15 is 0 Å². The first-order chi connectivity index (χ1) is 9.72. The van der Waals surface area contributed by atoms with Crippen LogP contribution in [0.15, 0.2) is 23.8 Å². The summed E-state index contributed by atoms with van der Waals surface area (Å²) in [4.78, 5) is 12.3. The molecule has 1 aromatic rings. The van der Waals surface area contributed by atoms with Crippen molar-refractivity contribution in [3.8, 4) is 5.75 Å². The first-order valence-corrected chi connectivity index (χ1v) is 7.54. The fraction of sp³-hybridized carbons (Fsp3) is 0.438. The van der Waals surface area contributed by atoms with Crippen LogP contribution in [0.1, 0.15) is 37.7 Å². The molecule has 0 radical (unpaired) electrons. The molecule has 1 aliphatic carbocycles. The molecule has 0 aromatic heterocycles. The summed E-state index contributed by atoms with van der Waals surface area (Å²) < 4.78 is 5.61. The highest BCUT2D eigenvalue weighted by Crippen LogP contribution is 2.29. The van der Waals surface area contributed by atoms with E-state index in [1.54, 1.807) is 6.07 Å². The monoisotopic (exact) mass is 291 g/mol. The van der Waals surface area contributed by atoms with E-state index in [2.05, 4.69) is 5.32 Å². The van der Waals surface area contributed by atoms with Crippen LogP contribution in [0.5, 0.6) is 5.75 Å². The smallest absolute Gasteiger partial charge is 0.250 e. The number of amides is 1. The molecule has 1 saturated carbocycles. The average Bonchev–Trinajstić information content (AvgIpc) is 2.47. The Hall–Kier alpha value is -1.48. The minimum absolute atomic E-state index is 0.0116. The van der Waals surface area contributed by atoms with Crippen LogP contribution in [-0.2, 0) is 4.79 Å². The largest absolute Gasteiger partial charge is 0.488 e. The van der Waals surface area contributed by atoms with Crippen LogP contribution in [0.2, 0.25) is 5.02 Å². The second kappa shape index (κ2) is 5.88. The summed E-state index contributed by atoms with van der Waals surface area (Å²) in [6.07, 6.45) is 7.75. The topological polar surface area (TPSA) is 38.3 Å². The molecule has 0 atom stereocenters. The molecule has 0 unspecified atom stereocenters. The number of ether oxygens (including phenoxy) is 1. The molecule has 4 heteroatoms. The van der Waals surface area contributed by atoms with Gasteiger partial charge in [0.1, 0.15) is 12.4 Å². The Labute approximate surface area is 124 Å². The van der Waals surface area contributed by atoms with E-state index in [1.807, 2.05) is 18.2 Å². The number of nitrogens with one attached hydrogen (secondary N) is 1. The molecule has 3 nitrogen and oxygen atoms in total. The van der Waals surface area contributed by atoms with Crippen molar-refractivity contribution in [2.45, 2.75) is 38.1 Å². The van der Waals surface area contributed by atoms with Crippen molar-refractivity contribution in [2.75, 3.05) is 6.61 Å². The van der Waals surface area contributed by atoms with Crippen LogP contribution >= 0.6 is 11.6 Å². The summed E-state index contributed by atoms with van der Waals surface area (Å²) in [7, 11) is 0. The molecule has 1 aromatic carbocycles. The van der Waals surface area contributed by atoms with E-state index in [0.29, 0.717) is 23.2 Å². The number of fused-ring (bicyclic) bond motifs is 1. The third kappa shape index (κ3) is 2.98. The predicted molar refractivity (Wildman–Crippen MR) is 79.9 cm³/mol. The van der Waals surface area contributed by atoms with Gasteiger partial charge < -0.3 is 10.1 Å². The molecule has 1 amide bonds. The molecule has 3 rings (SSSR count). The van der Waals surface area contributed by atoms with Crippen LogP contribution < -0.4 is 10.1 Å². The predicted octanol–water partition coefficient (Wildman–Crippen LogP) is 3.56. The summed E-state index contributed by atoms with van der Waals surface area (Å²) in [6.45, 7) is 0.327. The molecule has 2 aliphatic rings. The Morgan fingerprint density at radius 1 is 1.25 bits per heavy atom. The van der Waals surface area contributed by atoms with Crippen LogP contribution in [0, 0.1) is 0 Å². The van der Waals surface area contributed by atoms with E-state index in [4.69, 9.17) is 16.3 Å². The third-order valence-corrected chi connectivity index (χ3v) is 4.15. The molecule has 20 heavy (non-hydrogen) atoms. The molecular weight excluding hydrogens is 274 g/mol. The molecular formula is C16H18ClNO2. The van der Waals surface area contributed by atoms with Crippen molar-refractivity contribution in [1.29, 1.82) is 0 Å². The van der Waals surface area contributed by atoms with Gasteiger partial charge in [-0.25, -0.2) is 0 Å². The number of hydrogen-bond donors (Lipinski definition) is 1. The maximum Gasteiger partial charge on any atom is 0.250 e. The highest BCUT2D eigenvalue weighted by atomic mass is 35.5. The zero-order valence-electron chi connectivity index (χ0n) is 11.3. The maximum atomic E-state index is 12.3. The summed E-state index contributed by atoms with van der Waals surface area (Å²) in [6, 6.07) is 5.77. The summed E-state index contributed by atoms with van der Waals surface area (Å²) >= 11 is 5.97. The van der Waals surface area contributed by atoms with Gasteiger partial charge in [-0.2, -0.15) is 0 Å². The van der Waals surface area contributed by atoms with Crippen molar-refractivity contribution >= 4 is 23.6 Å². The van der Waals surface area contributed by atoms with Gasteiger partial charge in [0.25, 0.3) is 5.91 Å². The van der Waals surface area contributed by atoms with Gasteiger partial charge >= 0.3 is 0 Å². The Morgan fingerprint density at radius 2 is 2.05 bits per heavy atom. The van der Waals surface area contributed by atoms with E-state index in [9.17, 15) is 4.79 Å². The van der Waals surface area contributed by atoms with Crippen molar-refractivity contribution in [3.05, 3.63) is 34.4 Å². The van der Waals surface area contributed by atoms with Gasteiger partial charge in [-0.1, -0.05) is 30.9 Å². The Morgan fingerprint density at radius 3 is 2.85 bits per heavy atom. The third-order valence-electron chi connectivity index (χ3n) is 3.92. The normalized spacial score (nSPS) is 18.8. The summed E-state index contributed by atoms with van der Waals surface area (Å²) in [5.74, 6) is 0.770. The van der Waals surface area contributed by atoms with Crippen molar-refractivity contribution in [3.63, 3.8) is 0 Å². The van der Waals surface area contributed by atoms with Crippen LogP contribution in [0.4, 0.5) is 0 Å². The van der Waals surface area contributed by atoms with Crippen LogP contribution in [0.3, 0.4) is 0 Å². The fourth-order valence-corrected chi connectivity index (χ4v) is 2.99. The standard InChI is InChI=1S/C16H18ClNO2/c17-13-6-7-15-11(9-13)8-12(10-20-15)16(19)18-14-4-2-1-3-5-14/h6-9,14H,1-5,10H2,(H,18,19). The van der Waals surface area contributed by atoms with Gasteiger partial charge in [0.15, 0.2) is 0 Å². The molecule has 1 fully saturated rings. The van der Waals surface area contributed by atoms with Gasteiger partial charge in [0.05, 0.1) is 5.57 Å².